The smallest absolute Gasteiger partial charge is 0.315 e. The first kappa shape index (κ1) is 10.3. The van der Waals surface area contributed by atoms with E-state index in [0.29, 0.717) is 26.1 Å². The summed E-state index contributed by atoms with van der Waals surface area (Å²) in [4.78, 5) is 11.1. The minimum absolute atomic E-state index is 0.0379. The number of hydrogen-bond acceptors (Lipinski definition) is 3. The van der Waals surface area contributed by atoms with E-state index < -0.39 is 5.54 Å². The van der Waals surface area contributed by atoms with Crippen molar-refractivity contribution in [1.29, 1.82) is 0 Å². The molecule has 1 heterocycles. The van der Waals surface area contributed by atoms with Crippen molar-refractivity contribution in [3.05, 3.63) is 0 Å². The predicted octanol–water partition coefficient (Wildman–Crippen LogP) is -0.543. The number of amides is 2. The van der Waals surface area contributed by atoms with Gasteiger partial charge in [-0.2, -0.15) is 0 Å². The molecule has 0 aromatic carbocycles. The van der Waals surface area contributed by atoms with Crippen LogP contribution in [0.2, 0.25) is 0 Å². The van der Waals surface area contributed by atoms with E-state index in [-0.39, 0.29) is 12.6 Å². The maximum Gasteiger partial charge on any atom is 0.315 e. The highest BCUT2D eigenvalue weighted by Crippen LogP contribution is 2.19. The predicted molar refractivity (Wildman–Crippen MR) is 47.5 cm³/mol. The molecule has 0 aliphatic carbocycles. The van der Waals surface area contributed by atoms with Gasteiger partial charge in [-0.15, -0.1) is 0 Å². The van der Waals surface area contributed by atoms with Crippen molar-refractivity contribution in [3.63, 3.8) is 0 Å². The van der Waals surface area contributed by atoms with Crippen molar-refractivity contribution in [3.8, 4) is 0 Å². The van der Waals surface area contributed by atoms with E-state index in [1.54, 1.807) is 7.05 Å². The minimum atomic E-state index is -0.488. The van der Waals surface area contributed by atoms with Crippen LogP contribution in [0.15, 0.2) is 0 Å². The number of carbonyl (C=O) groups is 1. The van der Waals surface area contributed by atoms with Gasteiger partial charge in [0.15, 0.2) is 0 Å². The standard InChI is InChI=1S/C8H16N2O3/c1-9-7(12)10-8(6-11)2-4-13-5-3-8/h11H,2-6H2,1H3,(H2,9,10,12). The summed E-state index contributed by atoms with van der Waals surface area (Å²) < 4.78 is 5.16. The maximum absolute atomic E-state index is 11.1. The molecule has 5 nitrogen and oxygen atoms in total. The van der Waals surface area contributed by atoms with Crippen LogP contribution in [0, 0.1) is 0 Å². The third-order valence-corrected chi connectivity index (χ3v) is 2.36. The van der Waals surface area contributed by atoms with E-state index in [4.69, 9.17) is 4.74 Å². The van der Waals surface area contributed by atoms with Crippen LogP contribution in [-0.4, -0.2) is 43.5 Å². The molecule has 0 atom stereocenters. The lowest BCUT2D eigenvalue weighted by Crippen LogP contribution is -2.56. The van der Waals surface area contributed by atoms with Crippen molar-refractivity contribution < 1.29 is 14.6 Å². The van der Waals surface area contributed by atoms with Crippen molar-refractivity contribution in [2.24, 2.45) is 0 Å². The summed E-state index contributed by atoms with van der Waals surface area (Å²) in [7, 11) is 1.56. The summed E-state index contributed by atoms with van der Waals surface area (Å²) in [5, 5.41) is 14.4. The molecular weight excluding hydrogens is 172 g/mol. The van der Waals surface area contributed by atoms with Crippen LogP contribution in [0.5, 0.6) is 0 Å². The highest BCUT2D eigenvalue weighted by Gasteiger charge is 2.33. The fourth-order valence-electron chi connectivity index (χ4n) is 1.39. The van der Waals surface area contributed by atoms with Gasteiger partial charge in [0, 0.05) is 20.3 Å². The number of urea groups is 1. The minimum Gasteiger partial charge on any atom is -0.394 e. The Bertz CT molecular complexity index is 178. The monoisotopic (exact) mass is 188 g/mol. The molecule has 0 aromatic heterocycles. The molecule has 13 heavy (non-hydrogen) atoms. The first-order chi connectivity index (χ1) is 6.22. The van der Waals surface area contributed by atoms with Gasteiger partial charge < -0.3 is 20.5 Å². The zero-order valence-electron chi connectivity index (χ0n) is 7.80. The van der Waals surface area contributed by atoms with Gasteiger partial charge in [-0.3, -0.25) is 0 Å². The van der Waals surface area contributed by atoms with Gasteiger partial charge in [0.1, 0.15) is 0 Å². The molecule has 1 fully saturated rings. The van der Waals surface area contributed by atoms with Crippen LogP contribution in [0.4, 0.5) is 4.79 Å². The average molecular weight is 188 g/mol. The van der Waals surface area contributed by atoms with Crippen LogP contribution < -0.4 is 10.6 Å². The molecule has 0 radical (unpaired) electrons. The zero-order chi connectivity index (χ0) is 9.73. The Morgan fingerprint density at radius 3 is 2.62 bits per heavy atom. The van der Waals surface area contributed by atoms with Crippen LogP contribution in [0.25, 0.3) is 0 Å². The molecule has 3 N–H and O–H groups in total. The van der Waals surface area contributed by atoms with Gasteiger partial charge in [-0.25, -0.2) is 4.79 Å². The SMILES string of the molecule is CNC(=O)NC1(CO)CCOCC1. The summed E-state index contributed by atoms with van der Waals surface area (Å²) in [6.45, 7) is 1.14. The number of hydrogen-bond donors (Lipinski definition) is 3. The summed E-state index contributed by atoms with van der Waals surface area (Å²) >= 11 is 0. The fourth-order valence-corrected chi connectivity index (χ4v) is 1.39. The average Bonchev–Trinajstić information content (AvgIpc) is 2.19. The van der Waals surface area contributed by atoms with Crippen molar-refractivity contribution in [2.45, 2.75) is 18.4 Å². The summed E-state index contributed by atoms with van der Waals surface area (Å²) in [6, 6.07) is -0.254. The normalized spacial score (nSPS) is 20.8. The number of aliphatic hydroxyl groups excluding tert-OH is 1. The molecule has 2 amide bonds. The zero-order valence-corrected chi connectivity index (χ0v) is 7.80. The Hall–Kier alpha value is -0.810. The first-order valence-electron chi connectivity index (χ1n) is 4.41. The van der Waals surface area contributed by atoms with E-state index in [9.17, 15) is 9.90 Å². The molecule has 0 spiro atoms. The first-order valence-corrected chi connectivity index (χ1v) is 4.41. The topological polar surface area (TPSA) is 70.6 Å². The second kappa shape index (κ2) is 4.43. The van der Waals surface area contributed by atoms with Gasteiger partial charge in [-0.05, 0) is 12.8 Å². The molecule has 1 aliphatic heterocycles. The molecule has 0 aromatic rings. The van der Waals surface area contributed by atoms with E-state index >= 15 is 0 Å². The van der Waals surface area contributed by atoms with Crippen LogP contribution >= 0.6 is 0 Å². The Kier molecular flexibility index (Phi) is 3.50. The number of ether oxygens (including phenoxy) is 1. The van der Waals surface area contributed by atoms with Crippen molar-refractivity contribution >= 4 is 6.03 Å². The lowest BCUT2D eigenvalue weighted by molar-refractivity contribution is 0.0172. The van der Waals surface area contributed by atoms with Crippen LogP contribution in [0.1, 0.15) is 12.8 Å². The quantitative estimate of drug-likeness (QED) is 0.545. The van der Waals surface area contributed by atoms with Crippen LogP contribution in [0.3, 0.4) is 0 Å². The van der Waals surface area contributed by atoms with Crippen LogP contribution in [-0.2, 0) is 4.74 Å². The lowest BCUT2D eigenvalue weighted by atomic mass is 9.91. The fraction of sp³-hybridized carbons (Fsp3) is 0.875. The number of nitrogens with one attached hydrogen (secondary N) is 2. The van der Waals surface area contributed by atoms with Gasteiger partial charge in [0.2, 0.25) is 0 Å². The number of aliphatic hydroxyl groups is 1. The molecular formula is C8H16N2O3. The van der Waals surface area contributed by atoms with Gasteiger partial charge in [0.05, 0.1) is 12.1 Å². The van der Waals surface area contributed by atoms with E-state index in [1.165, 1.54) is 0 Å². The Morgan fingerprint density at radius 1 is 1.54 bits per heavy atom. The van der Waals surface area contributed by atoms with Crippen molar-refractivity contribution in [2.75, 3.05) is 26.9 Å². The summed E-state index contributed by atoms with van der Waals surface area (Å²) in [6.07, 6.45) is 1.33. The second-order valence-electron chi connectivity index (χ2n) is 3.25. The van der Waals surface area contributed by atoms with E-state index in [2.05, 4.69) is 10.6 Å². The van der Waals surface area contributed by atoms with E-state index in [0.717, 1.165) is 0 Å². The molecule has 1 rings (SSSR count). The second-order valence-corrected chi connectivity index (χ2v) is 3.25. The number of rotatable bonds is 2. The largest absolute Gasteiger partial charge is 0.394 e. The summed E-state index contributed by atoms with van der Waals surface area (Å²) in [5.74, 6) is 0. The molecule has 1 aliphatic rings. The molecule has 1 saturated heterocycles. The molecule has 0 bridgehead atoms. The Labute approximate surface area is 77.5 Å². The summed E-state index contributed by atoms with van der Waals surface area (Å²) in [5.41, 5.74) is -0.488. The lowest BCUT2D eigenvalue weighted by Gasteiger charge is -2.35. The molecule has 76 valence electrons. The van der Waals surface area contributed by atoms with E-state index in [1.807, 2.05) is 0 Å². The van der Waals surface area contributed by atoms with Gasteiger partial charge in [-0.1, -0.05) is 0 Å². The Balaban J connectivity index is 2.52. The highest BCUT2D eigenvalue weighted by atomic mass is 16.5. The third kappa shape index (κ3) is 2.57. The van der Waals surface area contributed by atoms with Crippen molar-refractivity contribution in [1.82, 2.24) is 10.6 Å². The molecule has 0 saturated carbocycles. The third-order valence-electron chi connectivity index (χ3n) is 2.36. The Morgan fingerprint density at radius 2 is 2.15 bits per heavy atom. The highest BCUT2D eigenvalue weighted by molar-refractivity contribution is 5.74. The maximum atomic E-state index is 11.1. The van der Waals surface area contributed by atoms with Gasteiger partial charge in [0.25, 0.3) is 0 Å². The van der Waals surface area contributed by atoms with Gasteiger partial charge >= 0.3 is 6.03 Å². The number of carbonyl (C=O) groups excluding carboxylic acids is 1. The molecule has 5 heteroatoms. The molecule has 0 unspecified atom stereocenters.